The second-order valence-corrected chi connectivity index (χ2v) is 4.60. The van der Waals surface area contributed by atoms with Crippen molar-refractivity contribution in [3.05, 3.63) is 10.5 Å². The van der Waals surface area contributed by atoms with E-state index in [0.29, 0.717) is 0 Å². The van der Waals surface area contributed by atoms with Crippen LogP contribution in [0.4, 0.5) is 0 Å². The van der Waals surface area contributed by atoms with Gasteiger partial charge in [-0.2, -0.15) is 0 Å². The zero-order valence-corrected chi connectivity index (χ0v) is 7.08. The van der Waals surface area contributed by atoms with Crippen LogP contribution in [0.15, 0.2) is 10.5 Å². The predicted molar refractivity (Wildman–Crippen MR) is 38.0 cm³/mol. The van der Waals surface area contributed by atoms with E-state index in [-0.39, 0.29) is 19.8 Å². The van der Waals surface area contributed by atoms with Crippen LogP contribution >= 0.6 is 0 Å². The van der Waals surface area contributed by atoms with Crippen molar-refractivity contribution in [1.29, 1.82) is 10.5 Å². The topological polar surface area (TPSA) is 47.6 Å². The molecule has 0 aromatic heterocycles. The fraction of sp³-hybridized carbons (Fsp3) is 0.429. The molecule has 0 aromatic carbocycles. The maximum absolute atomic E-state index is 8.53. The summed E-state index contributed by atoms with van der Waals surface area (Å²) < 4.78 is 0.838. The third-order valence-corrected chi connectivity index (χ3v) is 3.67. The van der Waals surface area contributed by atoms with Gasteiger partial charge in [0.2, 0.25) is 0 Å². The van der Waals surface area contributed by atoms with Gasteiger partial charge < -0.3 is 0 Å². The van der Waals surface area contributed by atoms with E-state index in [0.717, 1.165) is 17.3 Å². The third kappa shape index (κ3) is 1.61. The zero-order chi connectivity index (χ0) is 7.40. The van der Waals surface area contributed by atoms with E-state index in [1.165, 1.54) is 0 Å². The first-order valence-corrected chi connectivity index (χ1v) is 4.88. The normalized spacial score (nSPS) is 24.2. The Morgan fingerprint density at radius 1 is 1.60 bits per heavy atom. The second-order valence-electron chi connectivity index (χ2n) is 1.99. The third-order valence-electron chi connectivity index (χ3n) is 1.28. The molecule has 1 aliphatic heterocycles. The van der Waals surface area contributed by atoms with Crippen LogP contribution < -0.4 is 0 Å². The summed E-state index contributed by atoms with van der Waals surface area (Å²) in [6, 6.07) is 4.31. The monoisotopic (exact) mass is 198 g/mol. The molecule has 50 valence electrons. The molecule has 1 unspecified atom stereocenters. The van der Waals surface area contributed by atoms with E-state index >= 15 is 0 Å². The Bertz CT molecular complexity index is 231. The van der Waals surface area contributed by atoms with Crippen molar-refractivity contribution in [1.82, 2.24) is 0 Å². The average molecular weight is 197 g/mol. The van der Waals surface area contributed by atoms with Crippen molar-refractivity contribution < 1.29 is 0 Å². The van der Waals surface area contributed by atoms with Crippen LogP contribution in [0.2, 0.25) is 4.82 Å². The minimum atomic E-state index is 0.127. The van der Waals surface area contributed by atoms with E-state index in [1.807, 2.05) is 6.08 Å². The quantitative estimate of drug-likeness (QED) is 0.548. The van der Waals surface area contributed by atoms with Crippen LogP contribution in [0.5, 0.6) is 0 Å². The molecule has 0 saturated heterocycles. The Labute approximate surface area is 66.3 Å². The fourth-order valence-corrected chi connectivity index (χ4v) is 2.64. The maximum atomic E-state index is 8.53. The Hall–Kier alpha value is -0.761. The van der Waals surface area contributed by atoms with Gasteiger partial charge >= 0.3 is 65.8 Å². The summed E-state index contributed by atoms with van der Waals surface area (Å²) in [5.74, 6) is 0. The van der Waals surface area contributed by atoms with Crippen molar-refractivity contribution in [2.24, 2.45) is 0 Å². The van der Waals surface area contributed by atoms with E-state index in [4.69, 9.17) is 10.5 Å². The first-order valence-electron chi connectivity index (χ1n) is 3.03. The van der Waals surface area contributed by atoms with E-state index in [2.05, 4.69) is 12.1 Å². The number of nitrogens with zero attached hydrogens (tertiary/aromatic N) is 2. The van der Waals surface area contributed by atoms with Gasteiger partial charge in [0.1, 0.15) is 0 Å². The first-order chi connectivity index (χ1) is 4.86. The van der Waals surface area contributed by atoms with Crippen molar-refractivity contribution in [2.45, 2.75) is 17.7 Å². The number of rotatable bonds is 0. The predicted octanol–water partition coefficient (Wildman–Crippen LogP) is 1.20. The van der Waals surface area contributed by atoms with Crippen LogP contribution in [0.25, 0.3) is 0 Å². The summed E-state index contributed by atoms with van der Waals surface area (Å²) in [6.07, 6.45) is 3.80. The van der Waals surface area contributed by atoms with Crippen molar-refractivity contribution in [3.8, 4) is 12.1 Å². The molecule has 2 nitrogen and oxygen atoms in total. The molecule has 0 bridgehead atoms. The summed E-state index contributed by atoms with van der Waals surface area (Å²) in [6.45, 7) is 0. The van der Waals surface area contributed by atoms with Crippen molar-refractivity contribution in [3.63, 3.8) is 0 Å². The van der Waals surface area contributed by atoms with Crippen LogP contribution in [-0.2, 0) is 0 Å². The van der Waals surface area contributed by atoms with Crippen LogP contribution in [0, 0.1) is 22.7 Å². The Morgan fingerprint density at radius 3 is 3.00 bits per heavy atom. The zero-order valence-electron chi connectivity index (χ0n) is 5.37. The van der Waals surface area contributed by atoms with Gasteiger partial charge in [-0.3, -0.25) is 0 Å². The van der Waals surface area contributed by atoms with Crippen LogP contribution in [0.1, 0.15) is 12.8 Å². The molecule has 0 saturated carbocycles. The molecule has 1 aliphatic rings. The van der Waals surface area contributed by atoms with Gasteiger partial charge in [0.25, 0.3) is 0 Å². The summed E-state index contributed by atoms with van der Waals surface area (Å²) in [5, 5.41) is 17.0. The first kappa shape index (κ1) is 7.35. The fourth-order valence-electron chi connectivity index (χ4n) is 0.789. The summed E-state index contributed by atoms with van der Waals surface area (Å²) in [7, 11) is 0. The molecule has 0 N–H and O–H groups in total. The molecule has 0 radical (unpaired) electrons. The van der Waals surface area contributed by atoms with Gasteiger partial charge in [0.15, 0.2) is 0 Å². The van der Waals surface area contributed by atoms with E-state index in [9.17, 15) is 0 Å². The van der Waals surface area contributed by atoms with Crippen molar-refractivity contribution >= 4 is 15.0 Å². The SMILES string of the molecule is N#CC1=CCCC(C#N)[Se]1. The van der Waals surface area contributed by atoms with E-state index in [1.54, 1.807) is 0 Å². The summed E-state index contributed by atoms with van der Waals surface area (Å²) in [4.78, 5) is 0.146. The molecular formula is C7H6N2Se. The molecule has 1 heterocycles. The molecule has 1 rings (SSSR count). The molecule has 0 aliphatic carbocycles. The van der Waals surface area contributed by atoms with Gasteiger partial charge in [-0.1, -0.05) is 0 Å². The molecule has 0 fully saturated rings. The number of nitriles is 2. The Balaban J connectivity index is 2.61. The average Bonchev–Trinajstić information content (AvgIpc) is 2.05. The number of allylic oxidation sites excluding steroid dienone is 2. The van der Waals surface area contributed by atoms with Gasteiger partial charge in [0, 0.05) is 0 Å². The molecule has 10 heavy (non-hydrogen) atoms. The molecule has 3 heteroatoms. The molecular weight excluding hydrogens is 191 g/mol. The summed E-state index contributed by atoms with van der Waals surface area (Å²) in [5.41, 5.74) is 0. The Morgan fingerprint density at radius 2 is 2.40 bits per heavy atom. The molecule has 1 atom stereocenters. The van der Waals surface area contributed by atoms with Crippen molar-refractivity contribution in [2.75, 3.05) is 0 Å². The van der Waals surface area contributed by atoms with Gasteiger partial charge in [-0.05, 0) is 0 Å². The molecule has 0 aromatic rings. The standard InChI is InChI=1S/C7H6N2Se/c8-4-6-2-1-3-7(5-9)10-6/h2,7H,1,3H2. The second kappa shape index (κ2) is 3.42. The molecule has 0 spiro atoms. The minimum absolute atomic E-state index is 0.127. The van der Waals surface area contributed by atoms with Gasteiger partial charge in [-0.25, -0.2) is 0 Å². The van der Waals surface area contributed by atoms with Crippen LogP contribution in [0.3, 0.4) is 0 Å². The number of hydrogen-bond acceptors (Lipinski definition) is 2. The number of hydrogen-bond donors (Lipinski definition) is 0. The molecule has 0 amide bonds. The van der Waals surface area contributed by atoms with E-state index < -0.39 is 0 Å². The Kier molecular flexibility index (Phi) is 2.51. The van der Waals surface area contributed by atoms with Gasteiger partial charge in [0.05, 0.1) is 0 Å². The van der Waals surface area contributed by atoms with Crippen LogP contribution in [-0.4, -0.2) is 15.0 Å². The summed E-state index contributed by atoms with van der Waals surface area (Å²) >= 11 is 0.127. The van der Waals surface area contributed by atoms with Gasteiger partial charge in [-0.15, -0.1) is 0 Å².